The highest BCUT2D eigenvalue weighted by Crippen LogP contribution is 2.28. The zero-order valence-corrected chi connectivity index (χ0v) is 13.9. The van der Waals surface area contributed by atoms with E-state index in [1.165, 1.54) is 10.9 Å². The fourth-order valence-electron chi connectivity index (χ4n) is 3.12. The zero-order chi connectivity index (χ0) is 17.6. The Morgan fingerprint density at radius 3 is 3.00 bits per heavy atom. The largest absolute Gasteiger partial charge is 0.488 e. The summed E-state index contributed by atoms with van der Waals surface area (Å²) in [4.78, 5) is 29.0. The molecule has 1 atom stereocenters. The van der Waals surface area contributed by atoms with Gasteiger partial charge in [-0.3, -0.25) is 9.59 Å². The van der Waals surface area contributed by atoms with Crippen LogP contribution in [-0.2, 0) is 13.5 Å². The summed E-state index contributed by atoms with van der Waals surface area (Å²) in [6.07, 6.45) is 1.99. The summed E-state index contributed by atoms with van der Waals surface area (Å²) in [5.74, 6) is 0.865. The van der Waals surface area contributed by atoms with Gasteiger partial charge in [-0.2, -0.15) is 0 Å². The summed E-state index contributed by atoms with van der Waals surface area (Å²) in [6, 6.07) is 7.82. The lowest BCUT2D eigenvalue weighted by Gasteiger charge is -2.11. The summed E-state index contributed by atoms with van der Waals surface area (Å²) < 4.78 is 12.6. The van der Waals surface area contributed by atoms with Gasteiger partial charge in [0, 0.05) is 13.5 Å². The Hall–Kier alpha value is -3.09. The lowest BCUT2D eigenvalue weighted by atomic mass is 10.1. The van der Waals surface area contributed by atoms with Crippen LogP contribution in [0.3, 0.4) is 0 Å². The van der Waals surface area contributed by atoms with Gasteiger partial charge < -0.3 is 19.0 Å². The van der Waals surface area contributed by atoms with Crippen molar-refractivity contribution in [1.82, 2.24) is 14.9 Å². The predicted molar refractivity (Wildman–Crippen MR) is 90.9 cm³/mol. The first-order valence-corrected chi connectivity index (χ1v) is 8.02. The van der Waals surface area contributed by atoms with Crippen LogP contribution >= 0.6 is 0 Å². The number of hydrogen-bond donors (Lipinski definition) is 1. The molecule has 0 fully saturated rings. The molecule has 1 N–H and O–H groups in total. The van der Waals surface area contributed by atoms with Gasteiger partial charge in [-0.15, -0.1) is 0 Å². The third-order valence-corrected chi connectivity index (χ3v) is 4.38. The molecule has 128 valence electrons. The molecule has 0 saturated carbocycles. The molecule has 0 radical (unpaired) electrons. The maximum atomic E-state index is 12.6. The number of benzene rings is 1. The molecular weight excluding hydrogens is 322 g/mol. The molecule has 7 nitrogen and oxygen atoms in total. The first-order chi connectivity index (χ1) is 12.0. The van der Waals surface area contributed by atoms with E-state index >= 15 is 0 Å². The van der Waals surface area contributed by atoms with E-state index in [-0.39, 0.29) is 34.2 Å². The van der Waals surface area contributed by atoms with Crippen molar-refractivity contribution in [2.24, 2.45) is 7.05 Å². The Kier molecular flexibility index (Phi) is 3.56. The number of amides is 1. The summed E-state index contributed by atoms with van der Waals surface area (Å²) in [5.41, 5.74) is 1.23. The second-order valence-corrected chi connectivity index (χ2v) is 6.14. The average molecular weight is 339 g/mol. The number of carbonyl (C=O) groups excluding carboxylic acids is 1. The zero-order valence-electron chi connectivity index (χ0n) is 13.9. The molecule has 4 rings (SSSR count). The van der Waals surface area contributed by atoms with Gasteiger partial charge in [0.1, 0.15) is 29.3 Å². The molecule has 0 unspecified atom stereocenters. The first kappa shape index (κ1) is 15.4. The Balaban J connectivity index is 1.55. The molecule has 0 saturated heterocycles. The van der Waals surface area contributed by atoms with E-state index in [0.29, 0.717) is 12.3 Å². The molecule has 1 aliphatic rings. The molecule has 0 aliphatic carbocycles. The fourth-order valence-corrected chi connectivity index (χ4v) is 3.12. The molecule has 3 heterocycles. The molecule has 1 aromatic carbocycles. The van der Waals surface area contributed by atoms with Crippen molar-refractivity contribution in [1.29, 1.82) is 0 Å². The van der Waals surface area contributed by atoms with E-state index in [4.69, 9.17) is 9.15 Å². The van der Waals surface area contributed by atoms with Gasteiger partial charge in [-0.25, -0.2) is 4.98 Å². The third kappa shape index (κ3) is 2.57. The number of aromatic nitrogens is 2. The molecule has 25 heavy (non-hydrogen) atoms. The molecule has 0 spiro atoms. The maximum absolute atomic E-state index is 12.6. The van der Waals surface area contributed by atoms with Crippen molar-refractivity contribution in [2.75, 3.05) is 6.54 Å². The summed E-state index contributed by atoms with van der Waals surface area (Å²) in [6.45, 7) is 2.00. The topological polar surface area (TPSA) is 86.4 Å². The second kappa shape index (κ2) is 5.77. The van der Waals surface area contributed by atoms with Crippen LogP contribution in [0.1, 0.15) is 21.7 Å². The number of ether oxygens (including phenoxy) is 1. The van der Waals surface area contributed by atoms with Gasteiger partial charge in [0.25, 0.3) is 11.5 Å². The number of carbonyl (C=O) groups is 1. The molecule has 2 aromatic heterocycles. The number of furan rings is 1. The van der Waals surface area contributed by atoms with Gasteiger partial charge in [0.05, 0.1) is 12.1 Å². The van der Waals surface area contributed by atoms with Crippen LogP contribution in [0, 0.1) is 6.92 Å². The molecule has 3 aromatic rings. The van der Waals surface area contributed by atoms with E-state index in [1.807, 2.05) is 24.3 Å². The quantitative estimate of drug-likeness (QED) is 0.783. The maximum Gasteiger partial charge on any atom is 0.265 e. The molecule has 0 bridgehead atoms. The number of aryl methyl sites for hydroxylation is 2. The minimum absolute atomic E-state index is 0.124. The summed E-state index contributed by atoms with van der Waals surface area (Å²) in [5, 5.41) is 3.05. The molecule has 1 amide bonds. The van der Waals surface area contributed by atoms with E-state index in [9.17, 15) is 9.59 Å². The number of para-hydroxylation sites is 1. The van der Waals surface area contributed by atoms with Gasteiger partial charge in [-0.1, -0.05) is 18.2 Å². The van der Waals surface area contributed by atoms with E-state index in [0.717, 1.165) is 17.7 Å². The van der Waals surface area contributed by atoms with E-state index in [2.05, 4.69) is 10.3 Å². The number of nitrogens with one attached hydrogen (secondary N) is 1. The Labute approximate surface area is 143 Å². The number of hydrogen-bond acceptors (Lipinski definition) is 5. The van der Waals surface area contributed by atoms with E-state index in [1.54, 1.807) is 14.0 Å². The highest BCUT2D eigenvalue weighted by molar-refractivity contribution is 6.06. The van der Waals surface area contributed by atoms with Crippen molar-refractivity contribution in [2.45, 2.75) is 19.4 Å². The molecule has 7 heteroatoms. The third-order valence-electron chi connectivity index (χ3n) is 4.38. The van der Waals surface area contributed by atoms with E-state index < -0.39 is 0 Å². The standard InChI is InChI=1S/C18H17N3O4/c1-10-14(15-17(24-10)20-9-21(2)18(15)23)16(22)19-8-12-7-11-5-3-4-6-13(11)25-12/h3-6,9,12H,7-8H2,1-2H3,(H,19,22)/t12-/m0/s1. The van der Waals surface area contributed by atoms with Crippen molar-refractivity contribution in [3.05, 3.63) is 57.8 Å². The van der Waals surface area contributed by atoms with Crippen LogP contribution in [0.5, 0.6) is 5.75 Å². The Morgan fingerprint density at radius 1 is 1.40 bits per heavy atom. The molecular formula is C18H17N3O4. The first-order valence-electron chi connectivity index (χ1n) is 8.02. The van der Waals surface area contributed by atoms with Crippen LogP contribution in [-0.4, -0.2) is 28.1 Å². The summed E-state index contributed by atoms with van der Waals surface area (Å²) >= 11 is 0. The van der Waals surface area contributed by atoms with Crippen molar-refractivity contribution in [3.63, 3.8) is 0 Å². The Morgan fingerprint density at radius 2 is 2.20 bits per heavy atom. The van der Waals surface area contributed by atoms with Crippen molar-refractivity contribution >= 4 is 17.0 Å². The van der Waals surface area contributed by atoms with Gasteiger partial charge in [0.15, 0.2) is 0 Å². The smallest absolute Gasteiger partial charge is 0.265 e. The number of fused-ring (bicyclic) bond motifs is 2. The van der Waals surface area contributed by atoms with Crippen LogP contribution in [0.25, 0.3) is 11.1 Å². The van der Waals surface area contributed by atoms with Crippen LogP contribution in [0.15, 0.2) is 39.8 Å². The SMILES string of the molecule is Cc1oc2ncn(C)c(=O)c2c1C(=O)NC[C@@H]1Cc2ccccc2O1. The molecule has 1 aliphatic heterocycles. The highest BCUT2D eigenvalue weighted by atomic mass is 16.5. The number of nitrogens with zero attached hydrogens (tertiary/aromatic N) is 2. The van der Waals surface area contributed by atoms with Crippen LogP contribution < -0.4 is 15.6 Å². The van der Waals surface area contributed by atoms with Gasteiger partial charge in [-0.05, 0) is 18.6 Å². The monoisotopic (exact) mass is 339 g/mol. The minimum Gasteiger partial charge on any atom is -0.488 e. The van der Waals surface area contributed by atoms with Gasteiger partial charge >= 0.3 is 0 Å². The fraction of sp³-hybridized carbons (Fsp3) is 0.278. The lowest BCUT2D eigenvalue weighted by molar-refractivity contribution is 0.0933. The van der Waals surface area contributed by atoms with Crippen molar-refractivity contribution in [3.8, 4) is 5.75 Å². The normalized spacial score (nSPS) is 15.8. The second-order valence-electron chi connectivity index (χ2n) is 6.14. The minimum atomic E-state index is -0.360. The van der Waals surface area contributed by atoms with Crippen LogP contribution in [0.4, 0.5) is 0 Å². The highest BCUT2D eigenvalue weighted by Gasteiger charge is 2.26. The van der Waals surface area contributed by atoms with Gasteiger partial charge in [0.2, 0.25) is 5.71 Å². The Bertz CT molecular complexity index is 1010. The lowest BCUT2D eigenvalue weighted by Crippen LogP contribution is -2.35. The van der Waals surface area contributed by atoms with Crippen molar-refractivity contribution < 1.29 is 13.9 Å². The average Bonchev–Trinajstić information content (AvgIpc) is 3.16. The summed E-state index contributed by atoms with van der Waals surface area (Å²) in [7, 11) is 1.59. The number of rotatable bonds is 3. The van der Waals surface area contributed by atoms with Crippen LogP contribution in [0.2, 0.25) is 0 Å². The predicted octanol–water partition coefficient (Wildman–Crippen LogP) is 1.57.